The fraction of sp³-hybridized carbons (Fsp3) is 0.368. The molecule has 30 heavy (non-hydrogen) atoms. The lowest BCUT2D eigenvalue weighted by atomic mass is 10.1. The number of carbonyl (C=O) groups excluding carboxylic acids is 2. The Hall–Kier alpha value is -3.24. The monoisotopic (exact) mass is 428 g/mol. The van der Waals surface area contributed by atoms with Gasteiger partial charge in [-0.1, -0.05) is 6.92 Å². The van der Waals surface area contributed by atoms with E-state index in [2.05, 4.69) is 25.3 Å². The van der Waals surface area contributed by atoms with E-state index in [4.69, 9.17) is 0 Å². The molecule has 2 aromatic heterocycles. The van der Waals surface area contributed by atoms with E-state index >= 15 is 0 Å². The average molecular weight is 428 g/mol. The van der Waals surface area contributed by atoms with E-state index in [-0.39, 0.29) is 22.9 Å². The van der Waals surface area contributed by atoms with Crippen molar-refractivity contribution in [3.8, 4) is 5.88 Å². The molecule has 0 spiro atoms. The number of nitrogens with one attached hydrogen (secondary N) is 2. The first-order valence-corrected chi connectivity index (χ1v) is 9.00. The second-order valence-corrected chi connectivity index (χ2v) is 6.38. The van der Waals surface area contributed by atoms with Gasteiger partial charge in [0.2, 0.25) is 5.91 Å². The molecule has 2 aromatic rings. The smallest absolute Gasteiger partial charge is 0.422 e. The Labute approximate surface area is 169 Å². The van der Waals surface area contributed by atoms with Gasteiger partial charge in [-0.2, -0.15) is 13.2 Å². The van der Waals surface area contributed by atoms with Crippen molar-refractivity contribution in [3.63, 3.8) is 0 Å². The van der Waals surface area contributed by atoms with Gasteiger partial charge in [0.25, 0.3) is 11.8 Å². The van der Waals surface area contributed by atoms with E-state index in [1.54, 1.807) is 6.92 Å². The largest absolute Gasteiger partial charge is 0.466 e. The van der Waals surface area contributed by atoms with Crippen LogP contribution in [0.25, 0.3) is 0 Å². The molecule has 7 nitrogen and oxygen atoms in total. The van der Waals surface area contributed by atoms with Gasteiger partial charge in [-0.05, 0) is 37.1 Å². The lowest BCUT2D eigenvalue weighted by Gasteiger charge is -2.16. The van der Waals surface area contributed by atoms with Crippen LogP contribution in [-0.2, 0) is 4.79 Å². The van der Waals surface area contributed by atoms with E-state index in [0.29, 0.717) is 12.8 Å². The molecular weight excluding hydrogens is 408 g/mol. The van der Waals surface area contributed by atoms with Gasteiger partial charge in [0, 0.05) is 24.4 Å². The van der Waals surface area contributed by atoms with Gasteiger partial charge in [0.15, 0.2) is 12.4 Å². The third-order valence-electron chi connectivity index (χ3n) is 3.82. The van der Waals surface area contributed by atoms with Crippen molar-refractivity contribution in [1.29, 1.82) is 0 Å². The number of ether oxygens (including phenoxy) is 1. The summed E-state index contributed by atoms with van der Waals surface area (Å²) < 4.78 is 54.8. The third-order valence-corrected chi connectivity index (χ3v) is 3.82. The minimum absolute atomic E-state index is 0.210. The summed E-state index contributed by atoms with van der Waals surface area (Å²) in [6.45, 7) is 1.74. The molecule has 0 fully saturated rings. The maximum Gasteiger partial charge on any atom is 0.422 e. The topological polar surface area (TPSA) is 93.2 Å². The van der Waals surface area contributed by atoms with Gasteiger partial charge in [-0.25, -0.2) is 14.4 Å². The summed E-state index contributed by atoms with van der Waals surface area (Å²) in [5, 5.41) is 5.19. The minimum atomic E-state index is -4.62. The van der Waals surface area contributed by atoms with Crippen LogP contribution in [0.4, 0.5) is 23.4 Å². The van der Waals surface area contributed by atoms with E-state index in [0.717, 1.165) is 12.3 Å². The summed E-state index contributed by atoms with van der Waals surface area (Å²) in [5.41, 5.74) is 0.438. The fourth-order valence-corrected chi connectivity index (χ4v) is 2.37. The molecule has 1 unspecified atom stereocenters. The third kappa shape index (κ3) is 6.98. The highest BCUT2D eigenvalue weighted by Crippen LogP contribution is 2.22. The van der Waals surface area contributed by atoms with E-state index < -0.39 is 36.4 Å². The molecule has 0 aromatic carbocycles. The molecule has 0 saturated carbocycles. The summed E-state index contributed by atoms with van der Waals surface area (Å²) in [6, 6.07) is 3.06. The maximum atomic E-state index is 14.0. The van der Waals surface area contributed by atoms with E-state index in [1.807, 2.05) is 6.92 Å². The van der Waals surface area contributed by atoms with Crippen LogP contribution in [0.15, 0.2) is 30.6 Å². The van der Waals surface area contributed by atoms with Crippen LogP contribution >= 0.6 is 0 Å². The van der Waals surface area contributed by atoms with Crippen molar-refractivity contribution in [3.05, 3.63) is 47.5 Å². The Balaban J connectivity index is 2.03. The number of hydrogen-bond acceptors (Lipinski definition) is 5. The molecule has 0 bridgehead atoms. The standard InChI is InChI=1S/C19H20F4N4O3/c1-3-4-16(28)27-15-8-12(5-6-24-15)17(29)26-11(2)13-7-14(20)18(25-9-13)30-10-19(21,22)23/h5-9,11H,3-4,10H2,1-2H3,(H,26,29)(H,24,27,28). The summed E-state index contributed by atoms with van der Waals surface area (Å²) in [6.07, 6.45) is -1.17. The van der Waals surface area contributed by atoms with Crippen LogP contribution in [0.3, 0.4) is 0 Å². The SMILES string of the molecule is CCCC(=O)Nc1cc(C(=O)NC(C)c2cnc(OCC(F)(F)F)c(F)c2)ccn1. The molecule has 162 valence electrons. The molecular formula is C19H20F4N4O3. The minimum Gasteiger partial charge on any atom is -0.466 e. The molecule has 0 saturated heterocycles. The maximum absolute atomic E-state index is 14.0. The molecule has 1 atom stereocenters. The highest BCUT2D eigenvalue weighted by atomic mass is 19.4. The van der Waals surface area contributed by atoms with Crippen molar-refractivity contribution in [1.82, 2.24) is 15.3 Å². The number of halogens is 4. The molecule has 0 aliphatic rings. The summed E-state index contributed by atoms with van der Waals surface area (Å²) >= 11 is 0. The first kappa shape index (κ1) is 23.0. The first-order chi connectivity index (χ1) is 14.1. The summed E-state index contributed by atoms with van der Waals surface area (Å²) in [7, 11) is 0. The van der Waals surface area contributed by atoms with Crippen molar-refractivity contribution >= 4 is 17.6 Å². The van der Waals surface area contributed by atoms with E-state index in [9.17, 15) is 27.2 Å². The quantitative estimate of drug-likeness (QED) is 0.624. The number of anilines is 1. The zero-order chi connectivity index (χ0) is 22.3. The van der Waals surface area contributed by atoms with Gasteiger partial charge >= 0.3 is 6.18 Å². The number of rotatable bonds is 8. The Kier molecular flexibility index (Phi) is 7.67. The average Bonchev–Trinajstić information content (AvgIpc) is 2.66. The van der Waals surface area contributed by atoms with Crippen LogP contribution in [0, 0.1) is 5.82 Å². The highest BCUT2D eigenvalue weighted by molar-refractivity contribution is 5.96. The molecule has 2 amide bonds. The Morgan fingerprint density at radius 2 is 1.97 bits per heavy atom. The van der Waals surface area contributed by atoms with Crippen molar-refractivity contribution in [2.75, 3.05) is 11.9 Å². The summed E-state index contributed by atoms with van der Waals surface area (Å²) in [5.74, 6) is -2.40. The van der Waals surface area contributed by atoms with Gasteiger partial charge < -0.3 is 15.4 Å². The van der Waals surface area contributed by atoms with Crippen molar-refractivity contribution < 1.29 is 31.9 Å². The lowest BCUT2D eigenvalue weighted by Crippen LogP contribution is -2.27. The molecule has 0 radical (unpaired) electrons. The molecule has 0 aliphatic carbocycles. The van der Waals surface area contributed by atoms with Crippen LogP contribution in [-0.4, -0.2) is 34.6 Å². The number of amides is 2. The van der Waals surface area contributed by atoms with Gasteiger partial charge in [0.05, 0.1) is 6.04 Å². The number of nitrogens with zero attached hydrogens (tertiary/aromatic N) is 2. The predicted molar refractivity (Wildman–Crippen MR) is 99.4 cm³/mol. The molecule has 2 rings (SSSR count). The number of carbonyl (C=O) groups is 2. The Morgan fingerprint density at radius 1 is 1.23 bits per heavy atom. The van der Waals surface area contributed by atoms with Crippen LogP contribution < -0.4 is 15.4 Å². The van der Waals surface area contributed by atoms with Crippen LogP contribution in [0.1, 0.15) is 48.7 Å². The van der Waals surface area contributed by atoms with Crippen LogP contribution in [0.2, 0.25) is 0 Å². The number of hydrogen-bond donors (Lipinski definition) is 2. The second-order valence-electron chi connectivity index (χ2n) is 6.38. The van der Waals surface area contributed by atoms with Gasteiger partial charge in [-0.15, -0.1) is 0 Å². The number of alkyl halides is 3. The van der Waals surface area contributed by atoms with Crippen LogP contribution in [0.5, 0.6) is 5.88 Å². The summed E-state index contributed by atoms with van der Waals surface area (Å²) in [4.78, 5) is 31.6. The Bertz CT molecular complexity index is 906. The number of pyridine rings is 2. The Morgan fingerprint density at radius 3 is 2.60 bits per heavy atom. The van der Waals surface area contributed by atoms with Crippen molar-refractivity contribution in [2.45, 2.75) is 38.9 Å². The predicted octanol–water partition coefficient (Wildman–Crippen LogP) is 3.79. The fourth-order valence-electron chi connectivity index (χ4n) is 2.37. The normalized spacial score (nSPS) is 12.2. The van der Waals surface area contributed by atoms with Gasteiger partial charge in [-0.3, -0.25) is 9.59 Å². The zero-order valence-electron chi connectivity index (χ0n) is 16.2. The molecule has 2 N–H and O–H groups in total. The molecule has 0 aliphatic heterocycles. The highest BCUT2D eigenvalue weighted by Gasteiger charge is 2.29. The molecule has 2 heterocycles. The lowest BCUT2D eigenvalue weighted by molar-refractivity contribution is -0.154. The van der Waals surface area contributed by atoms with Gasteiger partial charge in [0.1, 0.15) is 5.82 Å². The molecule has 11 heteroatoms. The van der Waals surface area contributed by atoms with Crippen molar-refractivity contribution in [2.24, 2.45) is 0 Å². The first-order valence-electron chi connectivity index (χ1n) is 9.00. The van der Waals surface area contributed by atoms with E-state index in [1.165, 1.54) is 18.3 Å². The zero-order valence-corrected chi connectivity index (χ0v) is 16.2. The second kappa shape index (κ2) is 9.99. The number of aromatic nitrogens is 2.